The average molecular weight is 231 g/mol. The molecule has 0 atom stereocenters. The second kappa shape index (κ2) is 4.78. The van der Waals surface area contributed by atoms with Crippen LogP contribution in [-0.2, 0) is 6.54 Å². The molecular formula is C12H13N3O2. The molecule has 88 valence electrons. The maximum absolute atomic E-state index is 11.6. The number of carbonyl (C=O) groups is 1. The number of nitrogens with zero attached hydrogens (tertiary/aromatic N) is 2. The lowest BCUT2D eigenvalue weighted by Crippen LogP contribution is -2.23. The van der Waals surface area contributed by atoms with E-state index in [1.54, 1.807) is 6.92 Å². The lowest BCUT2D eigenvalue weighted by molar-refractivity contribution is 0.0915. The highest BCUT2D eigenvalue weighted by Crippen LogP contribution is 2.06. The summed E-state index contributed by atoms with van der Waals surface area (Å²) < 4.78 is 5.03. The predicted molar refractivity (Wildman–Crippen MR) is 61.4 cm³/mol. The second-order valence-electron chi connectivity index (χ2n) is 3.74. The Hall–Kier alpha value is -2.17. The Morgan fingerprint density at radius 1 is 1.29 bits per heavy atom. The first-order valence-electron chi connectivity index (χ1n) is 5.29. The third-order valence-corrected chi connectivity index (χ3v) is 2.42. The summed E-state index contributed by atoms with van der Waals surface area (Å²) in [7, 11) is 0. The number of hydrogen-bond donors (Lipinski definition) is 1. The molecule has 1 amide bonds. The number of hydrogen-bond acceptors (Lipinski definition) is 4. The van der Waals surface area contributed by atoms with Crippen LogP contribution in [0.3, 0.4) is 0 Å². The van der Waals surface area contributed by atoms with Gasteiger partial charge in [0.15, 0.2) is 0 Å². The van der Waals surface area contributed by atoms with E-state index in [9.17, 15) is 4.79 Å². The normalized spacial score (nSPS) is 10.2. The Labute approximate surface area is 98.9 Å². The molecule has 1 aromatic heterocycles. The number of rotatable bonds is 3. The molecular weight excluding hydrogens is 218 g/mol. The van der Waals surface area contributed by atoms with Gasteiger partial charge in [-0.2, -0.15) is 0 Å². The van der Waals surface area contributed by atoms with E-state index in [0.29, 0.717) is 12.4 Å². The molecule has 2 aromatic rings. The first-order valence-corrected chi connectivity index (χ1v) is 5.29. The third-order valence-electron chi connectivity index (χ3n) is 2.42. The summed E-state index contributed by atoms with van der Waals surface area (Å²) in [6, 6.07) is 7.86. The zero-order chi connectivity index (χ0) is 12.3. The van der Waals surface area contributed by atoms with Crippen LogP contribution >= 0.6 is 0 Å². The second-order valence-corrected chi connectivity index (χ2v) is 3.74. The Balaban J connectivity index is 1.99. The van der Waals surface area contributed by atoms with E-state index in [4.69, 9.17) is 4.42 Å². The van der Waals surface area contributed by atoms with Crippen molar-refractivity contribution in [2.45, 2.75) is 20.4 Å². The molecule has 1 heterocycles. The van der Waals surface area contributed by atoms with Crippen LogP contribution in [0.1, 0.15) is 27.7 Å². The Morgan fingerprint density at radius 2 is 2.06 bits per heavy atom. The highest BCUT2D eigenvalue weighted by atomic mass is 16.4. The molecule has 5 heteroatoms. The standard InChI is InChI=1S/C12H13N3O2/c1-8-5-3-4-6-10(8)7-13-11(16)12-15-14-9(2)17-12/h3-6H,7H2,1-2H3,(H,13,16). The molecule has 2 rings (SSSR count). The molecule has 17 heavy (non-hydrogen) atoms. The summed E-state index contributed by atoms with van der Waals surface area (Å²) in [6.45, 7) is 4.09. The van der Waals surface area contributed by atoms with Gasteiger partial charge in [-0.15, -0.1) is 10.2 Å². The van der Waals surface area contributed by atoms with Crippen molar-refractivity contribution in [3.63, 3.8) is 0 Å². The van der Waals surface area contributed by atoms with Crippen LogP contribution in [0.25, 0.3) is 0 Å². The van der Waals surface area contributed by atoms with E-state index in [2.05, 4.69) is 15.5 Å². The van der Waals surface area contributed by atoms with Crippen molar-refractivity contribution in [1.29, 1.82) is 0 Å². The maximum atomic E-state index is 11.6. The molecule has 0 radical (unpaired) electrons. The van der Waals surface area contributed by atoms with Crippen molar-refractivity contribution in [2.24, 2.45) is 0 Å². The van der Waals surface area contributed by atoms with Crippen molar-refractivity contribution in [3.8, 4) is 0 Å². The molecule has 0 aliphatic rings. The number of nitrogens with one attached hydrogen (secondary N) is 1. The molecule has 0 aliphatic carbocycles. The van der Waals surface area contributed by atoms with Crippen molar-refractivity contribution in [2.75, 3.05) is 0 Å². The van der Waals surface area contributed by atoms with Crippen LogP contribution in [0.2, 0.25) is 0 Å². The molecule has 0 fully saturated rings. The minimum atomic E-state index is -0.353. The smallest absolute Gasteiger partial charge is 0.309 e. The van der Waals surface area contributed by atoms with E-state index >= 15 is 0 Å². The van der Waals surface area contributed by atoms with E-state index in [1.807, 2.05) is 31.2 Å². The van der Waals surface area contributed by atoms with Crippen molar-refractivity contribution < 1.29 is 9.21 Å². The summed E-state index contributed by atoms with van der Waals surface area (Å²) >= 11 is 0. The quantitative estimate of drug-likeness (QED) is 0.871. The lowest BCUT2D eigenvalue weighted by atomic mass is 10.1. The minimum absolute atomic E-state index is 0.00363. The van der Waals surface area contributed by atoms with Crippen LogP contribution in [0, 0.1) is 13.8 Å². The van der Waals surface area contributed by atoms with Crippen LogP contribution in [0.4, 0.5) is 0 Å². The Kier molecular flexibility index (Phi) is 3.18. The molecule has 0 spiro atoms. The van der Waals surface area contributed by atoms with E-state index in [0.717, 1.165) is 11.1 Å². The predicted octanol–water partition coefficient (Wildman–Crippen LogP) is 1.62. The van der Waals surface area contributed by atoms with Gasteiger partial charge in [-0.25, -0.2) is 0 Å². The fraction of sp³-hybridized carbons (Fsp3) is 0.250. The average Bonchev–Trinajstić information content (AvgIpc) is 2.74. The van der Waals surface area contributed by atoms with E-state index in [1.165, 1.54) is 0 Å². The zero-order valence-corrected chi connectivity index (χ0v) is 9.73. The van der Waals surface area contributed by atoms with Crippen molar-refractivity contribution in [3.05, 3.63) is 47.2 Å². The van der Waals surface area contributed by atoms with E-state index in [-0.39, 0.29) is 11.8 Å². The van der Waals surface area contributed by atoms with Gasteiger partial charge in [-0.1, -0.05) is 24.3 Å². The van der Waals surface area contributed by atoms with Crippen LogP contribution < -0.4 is 5.32 Å². The highest BCUT2D eigenvalue weighted by Gasteiger charge is 2.12. The van der Waals surface area contributed by atoms with Gasteiger partial charge in [0.2, 0.25) is 5.89 Å². The van der Waals surface area contributed by atoms with Crippen molar-refractivity contribution in [1.82, 2.24) is 15.5 Å². The van der Waals surface area contributed by atoms with Crippen LogP contribution in [0.15, 0.2) is 28.7 Å². The monoisotopic (exact) mass is 231 g/mol. The molecule has 0 bridgehead atoms. The summed E-state index contributed by atoms with van der Waals surface area (Å²) in [5, 5.41) is 9.99. The van der Waals surface area contributed by atoms with Gasteiger partial charge in [-0.05, 0) is 18.1 Å². The van der Waals surface area contributed by atoms with Gasteiger partial charge < -0.3 is 9.73 Å². The van der Waals surface area contributed by atoms with Gasteiger partial charge in [0.1, 0.15) is 0 Å². The molecule has 1 N–H and O–H groups in total. The van der Waals surface area contributed by atoms with Gasteiger partial charge in [0.05, 0.1) is 0 Å². The van der Waals surface area contributed by atoms with Gasteiger partial charge in [-0.3, -0.25) is 4.79 Å². The van der Waals surface area contributed by atoms with Crippen LogP contribution in [0.5, 0.6) is 0 Å². The summed E-state index contributed by atoms with van der Waals surface area (Å²) in [5.74, 6) is 0.0241. The Bertz CT molecular complexity index is 534. The zero-order valence-electron chi connectivity index (χ0n) is 9.73. The third kappa shape index (κ3) is 2.69. The number of aromatic nitrogens is 2. The molecule has 1 aromatic carbocycles. The summed E-state index contributed by atoms with van der Waals surface area (Å²) in [5.41, 5.74) is 2.20. The van der Waals surface area contributed by atoms with Gasteiger partial charge >= 0.3 is 11.8 Å². The molecule has 0 unspecified atom stereocenters. The van der Waals surface area contributed by atoms with Gasteiger partial charge in [0.25, 0.3) is 0 Å². The molecule has 5 nitrogen and oxygen atoms in total. The highest BCUT2D eigenvalue weighted by molar-refractivity contribution is 5.89. The molecule has 0 saturated carbocycles. The lowest BCUT2D eigenvalue weighted by Gasteiger charge is -2.05. The fourth-order valence-electron chi connectivity index (χ4n) is 1.45. The largest absolute Gasteiger partial charge is 0.417 e. The minimum Gasteiger partial charge on any atom is -0.417 e. The number of aryl methyl sites for hydroxylation is 2. The van der Waals surface area contributed by atoms with Gasteiger partial charge in [0, 0.05) is 13.5 Å². The fourth-order valence-corrected chi connectivity index (χ4v) is 1.45. The molecule has 0 aliphatic heterocycles. The topological polar surface area (TPSA) is 68.0 Å². The first kappa shape index (κ1) is 11.3. The molecule has 0 saturated heterocycles. The number of carbonyl (C=O) groups excluding carboxylic acids is 1. The SMILES string of the molecule is Cc1nnc(C(=O)NCc2ccccc2C)o1. The number of benzene rings is 1. The summed E-state index contributed by atoms with van der Waals surface area (Å²) in [4.78, 5) is 11.6. The van der Waals surface area contributed by atoms with E-state index < -0.39 is 0 Å². The van der Waals surface area contributed by atoms with Crippen molar-refractivity contribution >= 4 is 5.91 Å². The maximum Gasteiger partial charge on any atom is 0.309 e. The Morgan fingerprint density at radius 3 is 2.71 bits per heavy atom. The summed E-state index contributed by atoms with van der Waals surface area (Å²) in [6.07, 6.45) is 0. The van der Waals surface area contributed by atoms with Crippen LogP contribution in [-0.4, -0.2) is 16.1 Å². The first-order chi connectivity index (χ1) is 8.16. The number of amides is 1.